The first-order valence-corrected chi connectivity index (χ1v) is 8.74. The lowest BCUT2D eigenvalue weighted by Crippen LogP contribution is -2.45. The van der Waals surface area contributed by atoms with Crippen molar-refractivity contribution in [2.24, 2.45) is 11.8 Å². The van der Waals surface area contributed by atoms with Crippen molar-refractivity contribution in [2.75, 3.05) is 19.6 Å². The average Bonchev–Trinajstić information content (AvgIpc) is 3.19. The highest BCUT2D eigenvalue weighted by Crippen LogP contribution is 2.27. The predicted molar refractivity (Wildman–Crippen MR) is 87.0 cm³/mol. The summed E-state index contributed by atoms with van der Waals surface area (Å²) in [7, 11) is 0. The molecule has 0 radical (unpaired) electrons. The van der Waals surface area contributed by atoms with Gasteiger partial charge in [-0.3, -0.25) is 15.0 Å². The summed E-state index contributed by atoms with van der Waals surface area (Å²) in [6.07, 6.45) is 3.82. The van der Waals surface area contributed by atoms with Crippen LogP contribution >= 0.6 is 0 Å². The van der Waals surface area contributed by atoms with E-state index >= 15 is 0 Å². The second-order valence-corrected chi connectivity index (χ2v) is 7.43. The van der Waals surface area contributed by atoms with Crippen molar-refractivity contribution in [1.29, 1.82) is 0 Å². The standard InChI is InChI=1S/C17H33N3O/c1-6-19(14-7-8-14)9-10-20-16(13(4)5)18-15(17(20)21)11-12(2)3/h12-16,18H,6-11H2,1-5H3. The fraction of sp³-hybridized carbons (Fsp3) is 0.941. The maximum Gasteiger partial charge on any atom is 0.241 e. The zero-order valence-electron chi connectivity index (χ0n) is 14.4. The van der Waals surface area contributed by atoms with Crippen LogP contribution in [0.25, 0.3) is 0 Å². The van der Waals surface area contributed by atoms with E-state index < -0.39 is 0 Å². The number of carbonyl (C=O) groups excluding carboxylic acids is 1. The molecule has 0 spiro atoms. The van der Waals surface area contributed by atoms with Crippen molar-refractivity contribution in [3.63, 3.8) is 0 Å². The lowest BCUT2D eigenvalue weighted by atomic mass is 10.0. The van der Waals surface area contributed by atoms with Crippen LogP contribution in [0, 0.1) is 11.8 Å². The van der Waals surface area contributed by atoms with E-state index in [0.29, 0.717) is 17.7 Å². The number of hydrogen-bond donors (Lipinski definition) is 1. The molecule has 1 N–H and O–H groups in total. The van der Waals surface area contributed by atoms with E-state index in [4.69, 9.17) is 0 Å². The normalized spacial score (nSPS) is 26.7. The summed E-state index contributed by atoms with van der Waals surface area (Å²) >= 11 is 0. The van der Waals surface area contributed by atoms with Crippen LogP contribution in [0.1, 0.15) is 53.9 Å². The summed E-state index contributed by atoms with van der Waals surface area (Å²) < 4.78 is 0. The molecule has 1 amide bonds. The number of likely N-dealkylation sites (N-methyl/N-ethyl adjacent to an activating group) is 1. The molecule has 2 atom stereocenters. The molecule has 2 rings (SSSR count). The summed E-state index contributed by atoms with van der Waals surface area (Å²) in [4.78, 5) is 17.3. The van der Waals surface area contributed by atoms with Crippen LogP contribution in [0.15, 0.2) is 0 Å². The second-order valence-electron chi connectivity index (χ2n) is 7.43. The molecular formula is C17H33N3O. The minimum absolute atomic E-state index is 0.0217. The quantitative estimate of drug-likeness (QED) is 0.746. The highest BCUT2D eigenvalue weighted by atomic mass is 16.2. The van der Waals surface area contributed by atoms with Crippen LogP contribution in [-0.4, -0.2) is 53.6 Å². The fourth-order valence-electron chi connectivity index (χ4n) is 3.42. The van der Waals surface area contributed by atoms with Crippen molar-refractivity contribution in [1.82, 2.24) is 15.1 Å². The van der Waals surface area contributed by atoms with E-state index in [2.05, 4.69) is 49.7 Å². The topological polar surface area (TPSA) is 35.6 Å². The van der Waals surface area contributed by atoms with Gasteiger partial charge < -0.3 is 4.90 Å². The van der Waals surface area contributed by atoms with Crippen LogP contribution in [-0.2, 0) is 4.79 Å². The predicted octanol–water partition coefficient (Wildman–Crippen LogP) is 2.30. The van der Waals surface area contributed by atoms with Gasteiger partial charge in [0.2, 0.25) is 5.91 Å². The summed E-state index contributed by atoms with van der Waals surface area (Å²) in [5.41, 5.74) is 0. The van der Waals surface area contributed by atoms with Gasteiger partial charge in [-0.05, 0) is 37.6 Å². The molecule has 0 aromatic heterocycles. The number of rotatable bonds is 8. The van der Waals surface area contributed by atoms with Crippen molar-refractivity contribution in [2.45, 2.75) is 72.1 Å². The first kappa shape index (κ1) is 16.8. The van der Waals surface area contributed by atoms with Gasteiger partial charge in [-0.15, -0.1) is 0 Å². The average molecular weight is 295 g/mol. The van der Waals surface area contributed by atoms with Crippen LogP contribution in [0.3, 0.4) is 0 Å². The smallest absolute Gasteiger partial charge is 0.241 e. The molecular weight excluding hydrogens is 262 g/mol. The molecule has 2 aliphatic rings. The lowest BCUT2D eigenvalue weighted by molar-refractivity contribution is -0.131. The molecule has 2 unspecified atom stereocenters. The third-order valence-electron chi connectivity index (χ3n) is 4.73. The molecule has 4 heteroatoms. The van der Waals surface area contributed by atoms with Gasteiger partial charge in [0, 0.05) is 19.1 Å². The monoisotopic (exact) mass is 295 g/mol. The third-order valence-corrected chi connectivity index (χ3v) is 4.73. The fourth-order valence-corrected chi connectivity index (χ4v) is 3.42. The van der Waals surface area contributed by atoms with Gasteiger partial charge in [0.05, 0.1) is 12.2 Å². The molecule has 21 heavy (non-hydrogen) atoms. The summed E-state index contributed by atoms with van der Waals surface area (Å²) in [6.45, 7) is 14.0. The Morgan fingerprint density at radius 3 is 2.43 bits per heavy atom. The molecule has 1 saturated carbocycles. The molecule has 122 valence electrons. The first-order valence-electron chi connectivity index (χ1n) is 8.74. The van der Waals surface area contributed by atoms with E-state index in [9.17, 15) is 4.79 Å². The van der Waals surface area contributed by atoms with Gasteiger partial charge in [-0.25, -0.2) is 0 Å². The van der Waals surface area contributed by atoms with Crippen molar-refractivity contribution in [3.05, 3.63) is 0 Å². The van der Waals surface area contributed by atoms with Gasteiger partial charge in [-0.1, -0.05) is 34.6 Å². The second kappa shape index (κ2) is 7.10. The Labute approximate surface area is 130 Å². The van der Waals surface area contributed by atoms with Gasteiger partial charge in [0.1, 0.15) is 0 Å². The molecule has 4 nitrogen and oxygen atoms in total. The van der Waals surface area contributed by atoms with Crippen molar-refractivity contribution < 1.29 is 4.79 Å². The van der Waals surface area contributed by atoms with E-state index in [1.807, 2.05) is 0 Å². The minimum atomic E-state index is 0.0217. The maximum atomic E-state index is 12.7. The van der Waals surface area contributed by atoms with Crippen LogP contribution in [0.4, 0.5) is 0 Å². The Hall–Kier alpha value is -0.610. The van der Waals surface area contributed by atoms with E-state index in [1.165, 1.54) is 12.8 Å². The van der Waals surface area contributed by atoms with Crippen molar-refractivity contribution in [3.8, 4) is 0 Å². The Morgan fingerprint density at radius 1 is 1.29 bits per heavy atom. The van der Waals surface area contributed by atoms with E-state index in [0.717, 1.165) is 32.1 Å². The zero-order chi connectivity index (χ0) is 15.6. The number of nitrogens with zero attached hydrogens (tertiary/aromatic N) is 2. The van der Waals surface area contributed by atoms with Gasteiger partial charge in [0.25, 0.3) is 0 Å². The number of carbonyl (C=O) groups is 1. The molecule has 1 aliphatic heterocycles. The van der Waals surface area contributed by atoms with Gasteiger partial charge >= 0.3 is 0 Å². The largest absolute Gasteiger partial charge is 0.324 e. The molecule has 1 saturated heterocycles. The van der Waals surface area contributed by atoms with Crippen LogP contribution in [0.2, 0.25) is 0 Å². The van der Waals surface area contributed by atoms with Gasteiger partial charge in [-0.2, -0.15) is 0 Å². The molecule has 0 bridgehead atoms. The van der Waals surface area contributed by atoms with E-state index in [1.54, 1.807) is 0 Å². The Bertz CT molecular complexity index is 352. The van der Waals surface area contributed by atoms with Gasteiger partial charge in [0.15, 0.2) is 0 Å². The maximum absolute atomic E-state index is 12.7. The molecule has 0 aromatic carbocycles. The first-order chi connectivity index (χ1) is 9.93. The molecule has 1 heterocycles. The third kappa shape index (κ3) is 4.19. The lowest BCUT2D eigenvalue weighted by Gasteiger charge is -2.30. The number of nitrogens with one attached hydrogen (secondary N) is 1. The zero-order valence-corrected chi connectivity index (χ0v) is 14.4. The molecule has 1 aliphatic carbocycles. The highest BCUT2D eigenvalue weighted by Gasteiger charge is 2.40. The molecule has 0 aromatic rings. The number of amides is 1. The highest BCUT2D eigenvalue weighted by molar-refractivity contribution is 5.84. The molecule has 2 fully saturated rings. The minimum Gasteiger partial charge on any atom is -0.324 e. The van der Waals surface area contributed by atoms with E-state index in [-0.39, 0.29) is 12.2 Å². The number of hydrogen-bond acceptors (Lipinski definition) is 3. The Balaban J connectivity index is 1.95. The Kier molecular flexibility index (Phi) is 5.67. The van der Waals surface area contributed by atoms with Crippen LogP contribution in [0.5, 0.6) is 0 Å². The van der Waals surface area contributed by atoms with Crippen LogP contribution < -0.4 is 5.32 Å². The summed E-state index contributed by atoms with van der Waals surface area (Å²) in [5, 5.41) is 3.57. The summed E-state index contributed by atoms with van der Waals surface area (Å²) in [5.74, 6) is 1.33. The Morgan fingerprint density at radius 2 is 1.95 bits per heavy atom. The summed E-state index contributed by atoms with van der Waals surface area (Å²) in [6, 6.07) is 0.804. The van der Waals surface area contributed by atoms with Crippen molar-refractivity contribution >= 4 is 5.91 Å². The SMILES string of the molecule is CCN(CCN1C(=O)C(CC(C)C)NC1C(C)C)C1CC1.